The van der Waals surface area contributed by atoms with Gasteiger partial charge in [-0.3, -0.25) is 0 Å². The lowest BCUT2D eigenvalue weighted by atomic mass is 10.1. The zero-order valence-corrected chi connectivity index (χ0v) is 12.0. The molecule has 0 aromatic heterocycles. The van der Waals surface area contributed by atoms with E-state index in [1.165, 1.54) is 19.3 Å². The van der Waals surface area contributed by atoms with Crippen molar-refractivity contribution in [1.82, 2.24) is 5.32 Å². The zero-order valence-electron chi connectivity index (χ0n) is 12.0. The van der Waals surface area contributed by atoms with Gasteiger partial charge in [-0.1, -0.05) is 13.3 Å². The molecule has 4 heteroatoms. The number of carboxylic acids is 1. The van der Waals surface area contributed by atoms with Crippen LogP contribution in [-0.4, -0.2) is 30.8 Å². The highest BCUT2D eigenvalue weighted by molar-refractivity contribution is 5.87. The Balaban J connectivity index is 1.60. The molecule has 1 aliphatic rings. The summed E-state index contributed by atoms with van der Waals surface area (Å²) in [6.45, 7) is 4.83. The van der Waals surface area contributed by atoms with E-state index in [4.69, 9.17) is 9.84 Å². The molecule has 0 aliphatic heterocycles. The minimum Gasteiger partial charge on any atom is -0.492 e. The molecule has 20 heavy (non-hydrogen) atoms. The van der Waals surface area contributed by atoms with Crippen molar-refractivity contribution in [3.8, 4) is 5.75 Å². The summed E-state index contributed by atoms with van der Waals surface area (Å²) in [5, 5.41) is 12.2. The van der Waals surface area contributed by atoms with Crippen LogP contribution in [0.4, 0.5) is 0 Å². The first kappa shape index (κ1) is 14.9. The van der Waals surface area contributed by atoms with Crippen molar-refractivity contribution >= 4 is 5.97 Å². The highest BCUT2D eigenvalue weighted by Gasteiger charge is 2.20. The third-order valence-corrected chi connectivity index (χ3v) is 3.89. The third-order valence-electron chi connectivity index (χ3n) is 3.89. The van der Waals surface area contributed by atoms with Crippen LogP contribution < -0.4 is 10.1 Å². The van der Waals surface area contributed by atoms with Crippen molar-refractivity contribution < 1.29 is 14.6 Å². The summed E-state index contributed by atoms with van der Waals surface area (Å²) in [5.74, 6) is 1.50. The number of hydrogen-bond acceptors (Lipinski definition) is 3. The van der Waals surface area contributed by atoms with Crippen molar-refractivity contribution in [3.63, 3.8) is 0 Å². The van der Waals surface area contributed by atoms with Crippen LogP contribution in [0.1, 0.15) is 36.5 Å². The second-order valence-electron chi connectivity index (χ2n) is 5.67. The molecule has 1 aliphatic carbocycles. The third kappa shape index (κ3) is 4.53. The highest BCUT2D eigenvalue weighted by atomic mass is 16.5. The SMILES string of the molecule is CC1CCC(CNCCOc2ccc(C(=O)O)cc2)C1. The van der Waals surface area contributed by atoms with Crippen LogP contribution in [0.5, 0.6) is 5.75 Å². The molecule has 0 bridgehead atoms. The van der Waals surface area contributed by atoms with Crippen molar-refractivity contribution in [2.45, 2.75) is 26.2 Å². The van der Waals surface area contributed by atoms with Gasteiger partial charge < -0.3 is 15.2 Å². The summed E-state index contributed by atoms with van der Waals surface area (Å²) in [6.07, 6.45) is 4.04. The second kappa shape index (κ2) is 7.29. The van der Waals surface area contributed by atoms with E-state index < -0.39 is 5.97 Å². The Labute approximate surface area is 120 Å². The molecule has 1 aromatic carbocycles. The molecule has 1 saturated carbocycles. The number of hydrogen-bond donors (Lipinski definition) is 2. The summed E-state index contributed by atoms with van der Waals surface area (Å²) >= 11 is 0. The molecule has 2 N–H and O–H groups in total. The van der Waals surface area contributed by atoms with Crippen LogP contribution >= 0.6 is 0 Å². The first-order valence-electron chi connectivity index (χ1n) is 7.32. The van der Waals surface area contributed by atoms with Crippen LogP contribution in [-0.2, 0) is 0 Å². The molecule has 1 fully saturated rings. The van der Waals surface area contributed by atoms with Crippen molar-refractivity contribution in [3.05, 3.63) is 29.8 Å². The number of benzene rings is 1. The quantitative estimate of drug-likeness (QED) is 0.752. The average molecular weight is 277 g/mol. The molecule has 4 nitrogen and oxygen atoms in total. The number of rotatable bonds is 7. The highest BCUT2D eigenvalue weighted by Crippen LogP contribution is 2.29. The van der Waals surface area contributed by atoms with Gasteiger partial charge in [-0.2, -0.15) is 0 Å². The molecular formula is C16H23NO3. The van der Waals surface area contributed by atoms with Crippen LogP contribution in [0.15, 0.2) is 24.3 Å². The molecule has 0 spiro atoms. The van der Waals surface area contributed by atoms with Crippen molar-refractivity contribution in [2.75, 3.05) is 19.7 Å². The van der Waals surface area contributed by atoms with Crippen molar-refractivity contribution in [2.24, 2.45) is 11.8 Å². The molecule has 1 aromatic rings. The van der Waals surface area contributed by atoms with Crippen LogP contribution in [0.2, 0.25) is 0 Å². The van der Waals surface area contributed by atoms with E-state index in [1.807, 2.05) is 0 Å². The van der Waals surface area contributed by atoms with Crippen LogP contribution in [0, 0.1) is 11.8 Å². The molecule has 0 amide bonds. The van der Waals surface area contributed by atoms with E-state index >= 15 is 0 Å². The minimum absolute atomic E-state index is 0.283. The van der Waals surface area contributed by atoms with Gasteiger partial charge in [0.1, 0.15) is 12.4 Å². The molecule has 2 unspecified atom stereocenters. The molecule has 0 heterocycles. The molecular weight excluding hydrogens is 254 g/mol. The summed E-state index contributed by atoms with van der Waals surface area (Å²) in [4.78, 5) is 10.7. The Morgan fingerprint density at radius 1 is 1.35 bits per heavy atom. The number of carbonyl (C=O) groups is 1. The first-order valence-corrected chi connectivity index (χ1v) is 7.32. The van der Waals surface area contributed by atoms with E-state index in [9.17, 15) is 4.79 Å². The fraction of sp³-hybridized carbons (Fsp3) is 0.562. The summed E-state index contributed by atoms with van der Waals surface area (Å²) in [5.41, 5.74) is 0.283. The smallest absolute Gasteiger partial charge is 0.335 e. The normalized spacial score (nSPS) is 21.9. The Kier molecular flexibility index (Phi) is 5.41. The van der Waals surface area contributed by atoms with E-state index in [2.05, 4.69) is 12.2 Å². The number of carboxylic acid groups (broad SMARTS) is 1. The fourth-order valence-corrected chi connectivity index (χ4v) is 2.75. The standard InChI is InChI=1S/C16H23NO3/c1-12-2-3-13(10-12)11-17-8-9-20-15-6-4-14(5-7-15)16(18)19/h4-7,12-13,17H,2-3,8-11H2,1H3,(H,18,19). The van der Waals surface area contributed by atoms with Gasteiger partial charge in [-0.25, -0.2) is 4.79 Å². The minimum atomic E-state index is -0.913. The predicted octanol–water partition coefficient (Wildman–Crippen LogP) is 2.79. The van der Waals surface area contributed by atoms with Crippen LogP contribution in [0.25, 0.3) is 0 Å². The molecule has 0 saturated heterocycles. The lowest BCUT2D eigenvalue weighted by molar-refractivity contribution is 0.0697. The lowest BCUT2D eigenvalue weighted by Crippen LogP contribution is -2.26. The maximum Gasteiger partial charge on any atom is 0.335 e. The Morgan fingerprint density at radius 3 is 2.70 bits per heavy atom. The maximum absolute atomic E-state index is 10.7. The largest absolute Gasteiger partial charge is 0.492 e. The Morgan fingerprint density at radius 2 is 2.10 bits per heavy atom. The number of aromatic carboxylic acids is 1. The van der Waals surface area contributed by atoms with E-state index in [-0.39, 0.29) is 5.56 Å². The summed E-state index contributed by atoms with van der Waals surface area (Å²) < 4.78 is 5.57. The Hall–Kier alpha value is -1.55. The van der Waals surface area contributed by atoms with Gasteiger partial charge in [-0.05, 0) is 55.5 Å². The maximum atomic E-state index is 10.7. The van der Waals surface area contributed by atoms with Gasteiger partial charge in [0, 0.05) is 6.54 Å². The van der Waals surface area contributed by atoms with Gasteiger partial charge in [0.05, 0.1) is 5.56 Å². The van der Waals surface area contributed by atoms with Crippen LogP contribution in [0.3, 0.4) is 0 Å². The van der Waals surface area contributed by atoms with Gasteiger partial charge in [0.15, 0.2) is 0 Å². The topological polar surface area (TPSA) is 58.6 Å². The molecule has 0 radical (unpaired) electrons. The van der Waals surface area contributed by atoms with Gasteiger partial charge >= 0.3 is 5.97 Å². The monoisotopic (exact) mass is 277 g/mol. The second-order valence-corrected chi connectivity index (χ2v) is 5.67. The summed E-state index contributed by atoms with van der Waals surface area (Å²) in [7, 11) is 0. The van der Waals surface area contributed by atoms with Gasteiger partial charge in [-0.15, -0.1) is 0 Å². The van der Waals surface area contributed by atoms with Crippen molar-refractivity contribution in [1.29, 1.82) is 0 Å². The van der Waals surface area contributed by atoms with Gasteiger partial charge in [0.2, 0.25) is 0 Å². The first-order chi connectivity index (χ1) is 9.65. The lowest BCUT2D eigenvalue weighted by Gasteiger charge is -2.11. The molecule has 2 atom stereocenters. The number of ether oxygens (including phenoxy) is 1. The number of nitrogens with one attached hydrogen (secondary N) is 1. The van der Waals surface area contributed by atoms with E-state index in [1.54, 1.807) is 24.3 Å². The van der Waals surface area contributed by atoms with E-state index in [0.717, 1.165) is 24.9 Å². The summed E-state index contributed by atoms with van der Waals surface area (Å²) in [6, 6.07) is 6.51. The fourth-order valence-electron chi connectivity index (χ4n) is 2.75. The Bertz CT molecular complexity index is 430. The average Bonchev–Trinajstić information content (AvgIpc) is 2.84. The predicted molar refractivity (Wildman–Crippen MR) is 78.3 cm³/mol. The van der Waals surface area contributed by atoms with E-state index in [0.29, 0.717) is 12.4 Å². The molecule has 110 valence electrons. The van der Waals surface area contributed by atoms with Gasteiger partial charge in [0.25, 0.3) is 0 Å². The zero-order chi connectivity index (χ0) is 14.4. The molecule has 2 rings (SSSR count).